The molecule has 1 heterocycles. The molecule has 110 valence electrons. The lowest BCUT2D eigenvalue weighted by molar-refractivity contribution is 0.414. The molecule has 3 rings (SSSR count). The van der Waals surface area contributed by atoms with Crippen LogP contribution in [0.2, 0.25) is 5.02 Å². The van der Waals surface area contributed by atoms with Crippen LogP contribution in [0.4, 0.5) is 5.69 Å². The minimum Gasteiger partial charge on any atom is -0.364 e. The van der Waals surface area contributed by atoms with E-state index in [1.807, 2.05) is 12.1 Å². The Labute approximate surface area is 139 Å². The molecule has 4 heteroatoms. The number of rotatable bonds is 2. The molecule has 2 nitrogen and oxygen atoms in total. The molecule has 2 aromatic rings. The van der Waals surface area contributed by atoms with Crippen molar-refractivity contribution < 1.29 is 0 Å². The third kappa shape index (κ3) is 3.25. The van der Waals surface area contributed by atoms with E-state index in [-0.39, 0.29) is 0 Å². The molecule has 1 aliphatic heterocycles. The number of hydrogen-bond acceptors (Lipinski definition) is 2. The van der Waals surface area contributed by atoms with Gasteiger partial charge in [0.2, 0.25) is 0 Å². The van der Waals surface area contributed by atoms with Gasteiger partial charge < -0.3 is 10.2 Å². The van der Waals surface area contributed by atoms with Gasteiger partial charge in [0.15, 0.2) is 0 Å². The minimum absolute atomic E-state index is 0.331. The van der Waals surface area contributed by atoms with Crippen molar-refractivity contribution >= 4 is 33.2 Å². The Morgan fingerprint density at radius 3 is 2.71 bits per heavy atom. The zero-order valence-electron chi connectivity index (χ0n) is 11.9. The van der Waals surface area contributed by atoms with Crippen molar-refractivity contribution in [3.63, 3.8) is 0 Å². The van der Waals surface area contributed by atoms with Gasteiger partial charge in [0.25, 0.3) is 0 Å². The van der Waals surface area contributed by atoms with E-state index in [9.17, 15) is 0 Å². The summed E-state index contributed by atoms with van der Waals surface area (Å²) in [4.78, 5) is 2.39. The summed E-state index contributed by atoms with van der Waals surface area (Å²) in [6.07, 6.45) is 0. The molecule has 2 atom stereocenters. The number of piperazine rings is 1. The normalized spacial score (nSPS) is 22.3. The number of anilines is 1. The Balaban J connectivity index is 1.89. The molecule has 0 saturated carbocycles. The van der Waals surface area contributed by atoms with Crippen LogP contribution in [-0.4, -0.2) is 19.1 Å². The molecule has 0 aliphatic carbocycles. The van der Waals surface area contributed by atoms with Gasteiger partial charge in [0.1, 0.15) is 0 Å². The summed E-state index contributed by atoms with van der Waals surface area (Å²) in [5, 5.41) is 4.43. The van der Waals surface area contributed by atoms with Crippen molar-refractivity contribution in [2.75, 3.05) is 18.0 Å². The second-order valence-electron chi connectivity index (χ2n) is 5.47. The highest BCUT2D eigenvalue weighted by molar-refractivity contribution is 9.10. The van der Waals surface area contributed by atoms with Crippen molar-refractivity contribution in [1.29, 1.82) is 0 Å². The third-order valence-corrected chi connectivity index (χ3v) is 4.80. The highest BCUT2D eigenvalue weighted by atomic mass is 79.9. The van der Waals surface area contributed by atoms with Gasteiger partial charge in [-0.05, 0) is 30.7 Å². The van der Waals surface area contributed by atoms with E-state index in [0.717, 1.165) is 28.3 Å². The summed E-state index contributed by atoms with van der Waals surface area (Å²) in [5.74, 6) is 0. The minimum atomic E-state index is 0.331. The van der Waals surface area contributed by atoms with Crippen LogP contribution in [0.15, 0.2) is 53.0 Å². The lowest BCUT2D eigenvalue weighted by atomic mass is 10.0. The van der Waals surface area contributed by atoms with Gasteiger partial charge in [-0.2, -0.15) is 0 Å². The van der Waals surface area contributed by atoms with Gasteiger partial charge in [-0.1, -0.05) is 57.9 Å². The van der Waals surface area contributed by atoms with Crippen molar-refractivity contribution in [2.45, 2.75) is 19.0 Å². The fraction of sp³-hybridized carbons (Fsp3) is 0.294. The predicted octanol–water partition coefficient (Wildman–Crippen LogP) is 4.64. The molecular formula is C17H18BrClN2. The maximum absolute atomic E-state index is 6.41. The molecule has 0 aromatic heterocycles. The molecule has 1 saturated heterocycles. The largest absolute Gasteiger partial charge is 0.364 e. The molecule has 2 unspecified atom stereocenters. The Morgan fingerprint density at radius 1 is 1.19 bits per heavy atom. The van der Waals surface area contributed by atoms with Gasteiger partial charge in [-0.3, -0.25) is 0 Å². The third-order valence-electron chi connectivity index (χ3n) is 3.99. The number of nitrogens with zero attached hydrogens (tertiary/aromatic N) is 1. The van der Waals surface area contributed by atoms with Crippen LogP contribution in [-0.2, 0) is 0 Å². The lowest BCUT2D eigenvalue weighted by Gasteiger charge is -2.41. The van der Waals surface area contributed by atoms with Crippen molar-refractivity contribution in [1.82, 2.24) is 5.32 Å². The fourth-order valence-corrected chi connectivity index (χ4v) is 3.39. The average Bonchev–Trinajstić information content (AvgIpc) is 2.51. The van der Waals surface area contributed by atoms with E-state index in [1.165, 1.54) is 5.56 Å². The summed E-state index contributed by atoms with van der Waals surface area (Å²) in [5.41, 5.74) is 2.42. The van der Waals surface area contributed by atoms with Crippen molar-refractivity contribution in [2.24, 2.45) is 0 Å². The molecule has 21 heavy (non-hydrogen) atoms. The summed E-state index contributed by atoms with van der Waals surface area (Å²) >= 11 is 9.95. The maximum Gasteiger partial charge on any atom is 0.0640 e. The summed E-state index contributed by atoms with van der Waals surface area (Å²) in [6, 6.07) is 17.4. The highest BCUT2D eigenvalue weighted by Crippen LogP contribution is 2.33. The molecule has 1 fully saturated rings. The van der Waals surface area contributed by atoms with Gasteiger partial charge in [-0.25, -0.2) is 0 Å². The first-order chi connectivity index (χ1) is 10.1. The molecule has 0 spiro atoms. The topological polar surface area (TPSA) is 15.3 Å². The zero-order valence-corrected chi connectivity index (χ0v) is 14.2. The van der Waals surface area contributed by atoms with E-state index in [0.29, 0.717) is 12.1 Å². The first-order valence-electron chi connectivity index (χ1n) is 7.15. The molecular weight excluding hydrogens is 348 g/mol. The van der Waals surface area contributed by atoms with Crippen LogP contribution in [0.25, 0.3) is 0 Å². The second kappa shape index (κ2) is 6.39. The van der Waals surface area contributed by atoms with Crippen LogP contribution in [0.5, 0.6) is 0 Å². The van der Waals surface area contributed by atoms with Crippen LogP contribution < -0.4 is 10.2 Å². The van der Waals surface area contributed by atoms with E-state index in [1.54, 1.807) is 0 Å². The van der Waals surface area contributed by atoms with Crippen molar-refractivity contribution in [3.05, 3.63) is 63.6 Å². The molecule has 0 bridgehead atoms. The Hall–Kier alpha value is -1.03. The molecule has 1 aliphatic rings. The van der Waals surface area contributed by atoms with Gasteiger partial charge >= 0.3 is 0 Å². The van der Waals surface area contributed by atoms with Crippen molar-refractivity contribution in [3.8, 4) is 0 Å². The average molecular weight is 366 g/mol. The quantitative estimate of drug-likeness (QED) is 0.834. The molecule has 2 aromatic carbocycles. The first kappa shape index (κ1) is 14.9. The van der Waals surface area contributed by atoms with Crippen LogP contribution in [0, 0.1) is 0 Å². The second-order valence-corrected chi connectivity index (χ2v) is 6.79. The summed E-state index contributed by atoms with van der Waals surface area (Å²) < 4.78 is 1.06. The van der Waals surface area contributed by atoms with Gasteiger partial charge in [-0.15, -0.1) is 0 Å². The van der Waals surface area contributed by atoms with E-state index >= 15 is 0 Å². The highest BCUT2D eigenvalue weighted by Gasteiger charge is 2.27. The number of benzene rings is 2. The van der Waals surface area contributed by atoms with Crippen LogP contribution in [0.3, 0.4) is 0 Å². The van der Waals surface area contributed by atoms with Gasteiger partial charge in [0, 0.05) is 29.6 Å². The number of hydrogen-bond donors (Lipinski definition) is 1. The fourth-order valence-electron chi connectivity index (χ4n) is 2.81. The van der Waals surface area contributed by atoms with E-state index < -0.39 is 0 Å². The van der Waals surface area contributed by atoms with Gasteiger partial charge in [0.05, 0.1) is 10.7 Å². The number of halogens is 2. The molecule has 0 radical (unpaired) electrons. The maximum atomic E-state index is 6.41. The SMILES string of the molecule is CC1CNC(c2ccccc2)CN1c1cc(Br)ccc1Cl. The molecule has 1 N–H and O–H groups in total. The Morgan fingerprint density at radius 2 is 1.95 bits per heavy atom. The monoisotopic (exact) mass is 364 g/mol. The van der Waals surface area contributed by atoms with Crippen LogP contribution in [0.1, 0.15) is 18.5 Å². The summed E-state index contributed by atoms with van der Waals surface area (Å²) in [7, 11) is 0. The van der Waals surface area contributed by atoms with E-state index in [4.69, 9.17) is 11.6 Å². The lowest BCUT2D eigenvalue weighted by Crippen LogP contribution is -2.51. The Kier molecular flexibility index (Phi) is 4.53. The van der Waals surface area contributed by atoms with E-state index in [2.05, 4.69) is 69.5 Å². The Bertz CT molecular complexity index is 617. The predicted molar refractivity (Wildman–Crippen MR) is 93.1 cm³/mol. The smallest absolute Gasteiger partial charge is 0.0640 e. The number of nitrogens with one attached hydrogen (secondary N) is 1. The first-order valence-corrected chi connectivity index (χ1v) is 8.32. The van der Waals surface area contributed by atoms with Crippen LogP contribution >= 0.6 is 27.5 Å². The molecule has 0 amide bonds. The zero-order chi connectivity index (χ0) is 14.8. The standard InChI is InChI=1S/C17H18BrClN2/c1-12-10-20-16(13-5-3-2-4-6-13)11-21(12)17-9-14(18)7-8-15(17)19/h2-9,12,16,20H,10-11H2,1H3. The summed E-state index contributed by atoms with van der Waals surface area (Å²) in [6.45, 7) is 4.09.